The molecule has 3 unspecified atom stereocenters. The third kappa shape index (κ3) is 2.91. The molecule has 0 aromatic rings. The van der Waals surface area contributed by atoms with E-state index in [2.05, 4.69) is 46.1 Å². The third-order valence-corrected chi connectivity index (χ3v) is 8.87. The Labute approximate surface area is 106 Å². The summed E-state index contributed by atoms with van der Waals surface area (Å²) in [4.78, 5) is 11.6. The molecule has 1 fully saturated rings. The highest BCUT2D eigenvalue weighted by Crippen LogP contribution is 2.39. The van der Waals surface area contributed by atoms with Gasteiger partial charge in [0.25, 0.3) is 0 Å². The van der Waals surface area contributed by atoms with Gasteiger partial charge in [0.2, 0.25) is 5.91 Å². The Morgan fingerprint density at radius 3 is 2.29 bits per heavy atom. The van der Waals surface area contributed by atoms with E-state index in [1.165, 1.54) is 0 Å². The number of carbonyl (C=O) groups is 1. The molecule has 1 rings (SSSR count). The van der Waals surface area contributed by atoms with Crippen molar-refractivity contribution in [2.45, 2.75) is 71.3 Å². The van der Waals surface area contributed by atoms with Crippen LogP contribution in [-0.4, -0.2) is 26.4 Å². The SMILES string of the molecule is CCC1NC(=O)C1C(C)O[Si](C)(C)C(C)(C)C. The van der Waals surface area contributed by atoms with E-state index in [1.54, 1.807) is 0 Å². The van der Waals surface area contributed by atoms with Gasteiger partial charge < -0.3 is 9.74 Å². The molecule has 1 aliphatic rings. The lowest BCUT2D eigenvalue weighted by Gasteiger charge is -2.45. The summed E-state index contributed by atoms with van der Waals surface area (Å²) >= 11 is 0. The van der Waals surface area contributed by atoms with Crippen LogP contribution in [0.15, 0.2) is 0 Å². The standard InChI is InChI=1S/C13H27NO2Si/c1-8-10-11(12(15)14-10)9(2)16-17(6,7)13(3,4)5/h9-11H,8H2,1-7H3,(H,14,15). The van der Waals surface area contributed by atoms with Crippen molar-refractivity contribution in [3.8, 4) is 0 Å². The molecule has 1 N–H and O–H groups in total. The highest BCUT2D eigenvalue weighted by Gasteiger charge is 2.46. The second kappa shape index (κ2) is 4.73. The first-order valence-corrected chi connectivity index (χ1v) is 9.49. The van der Waals surface area contributed by atoms with Crippen molar-refractivity contribution in [1.82, 2.24) is 5.32 Å². The fraction of sp³-hybridized carbons (Fsp3) is 0.923. The highest BCUT2D eigenvalue weighted by atomic mass is 28.4. The lowest BCUT2D eigenvalue weighted by molar-refractivity contribution is -0.140. The van der Waals surface area contributed by atoms with Gasteiger partial charge >= 0.3 is 0 Å². The van der Waals surface area contributed by atoms with Gasteiger partial charge in [0.1, 0.15) is 0 Å². The van der Waals surface area contributed by atoms with Gasteiger partial charge in [-0.05, 0) is 31.5 Å². The van der Waals surface area contributed by atoms with E-state index in [-0.39, 0.29) is 23.0 Å². The molecule has 0 aliphatic carbocycles. The number of carbonyl (C=O) groups excluding carboxylic acids is 1. The summed E-state index contributed by atoms with van der Waals surface area (Å²) < 4.78 is 6.29. The average molecular weight is 257 g/mol. The van der Waals surface area contributed by atoms with Crippen LogP contribution in [0.2, 0.25) is 18.1 Å². The van der Waals surface area contributed by atoms with Crippen molar-refractivity contribution in [2.75, 3.05) is 0 Å². The molecule has 0 radical (unpaired) electrons. The van der Waals surface area contributed by atoms with Crippen molar-refractivity contribution >= 4 is 14.2 Å². The maximum Gasteiger partial charge on any atom is 0.227 e. The van der Waals surface area contributed by atoms with Gasteiger partial charge in [-0.15, -0.1) is 0 Å². The predicted molar refractivity (Wildman–Crippen MR) is 73.5 cm³/mol. The molecule has 3 atom stereocenters. The second-order valence-corrected chi connectivity index (χ2v) is 11.4. The summed E-state index contributed by atoms with van der Waals surface area (Å²) in [5, 5.41) is 3.14. The Bertz CT molecular complexity index is 296. The van der Waals surface area contributed by atoms with Gasteiger partial charge in [0, 0.05) is 6.04 Å². The van der Waals surface area contributed by atoms with E-state index in [9.17, 15) is 4.79 Å². The summed E-state index contributed by atoms with van der Waals surface area (Å²) in [6.45, 7) is 15.3. The zero-order valence-corrected chi connectivity index (χ0v) is 13.3. The maximum atomic E-state index is 11.6. The molecule has 0 bridgehead atoms. The average Bonchev–Trinajstić information content (AvgIpc) is 2.10. The number of nitrogens with one attached hydrogen (secondary N) is 1. The quantitative estimate of drug-likeness (QED) is 0.621. The fourth-order valence-electron chi connectivity index (χ4n) is 2.07. The van der Waals surface area contributed by atoms with Gasteiger partial charge in [0.15, 0.2) is 8.32 Å². The summed E-state index contributed by atoms with van der Waals surface area (Å²) in [6.07, 6.45) is 1.02. The van der Waals surface area contributed by atoms with Crippen molar-refractivity contribution in [3.05, 3.63) is 0 Å². The van der Waals surface area contributed by atoms with Crippen molar-refractivity contribution < 1.29 is 9.22 Å². The first kappa shape index (κ1) is 14.7. The highest BCUT2D eigenvalue weighted by molar-refractivity contribution is 6.74. The monoisotopic (exact) mass is 257 g/mol. The lowest BCUT2D eigenvalue weighted by atomic mass is 9.85. The van der Waals surface area contributed by atoms with E-state index < -0.39 is 8.32 Å². The van der Waals surface area contributed by atoms with E-state index in [0.717, 1.165) is 6.42 Å². The largest absolute Gasteiger partial charge is 0.413 e. The first-order valence-electron chi connectivity index (χ1n) is 6.58. The molecular formula is C13H27NO2Si. The van der Waals surface area contributed by atoms with Gasteiger partial charge in [0.05, 0.1) is 12.0 Å². The minimum atomic E-state index is -1.77. The molecule has 100 valence electrons. The van der Waals surface area contributed by atoms with Crippen molar-refractivity contribution in [3.63, 3.8) is 0 Å². The van der Waals surface area contributed by atoms with Gasteiger partial charge in [-0.25, -0.2) is 0 Å². The van der Waals surface area contributed by atoms with Gasteiger partial charge in [-0.3, -0.25) is 4.79 Å². The Kier molecular flexibility index (Phi) is 4.09. The number of hydrogen-bond donors (Lipinski definition) is 1. The lowest BCUT2D eigenvalue weighted by Crippen LogP contribution is -2.63. The van der Waals surface area contributed by atoms with Crippen LogP contribution in [0.1, 0.15) is 41.0 Å². The molecule has 4 heteroatoms. The van der Waals surface area contributed by atoms with Crippen LogP contribution in [0.5, 0.6) is 0 Å². The van der Waals surface area contributed by atoms with Crippen LogP contribution in [0, 0.1) is 5.92 Å². The number of amides is 1. The summed E-state index contributed by atoms with van der Waals surface area (Å²) in [5.41, 5.74) is 0. The summed E-state index contributed by atoms with van der Waals surface area (Å²) in [5.74, 6) is 0.206. The zero-order valence-electron chi connectivity index (χ0n) is 12.3. The maximum absolute atomic E-state index is 11.6. The topological polar surface area (TPSA) is 38.3 Å². The van der Waals surface area contributed by atoms with Crippen LogP contribution < -0.4 is 5.32 Å². The fourth-order valence-corrected chi connectivity index (χ4v) is 3.50. The van der Waals surface area contributed by atoms with Crippen LogP contribution in [0.4, 0.5) is 0 Å². The normalized spacial score (nSPS) is 27.4. The third-order valence-electron chi connectivity index (χ3n) is 4.30. The molecule has 0 saturated carbocycles. The zero-order chi connectivity index (χ0) is 13.4. The molecule has 3 nitrogen and oxygen atoms in total. The summed E-state index contributed by atoms with van der Waals surface area (Å²) in [6, 6.07) is 0.308. The minimum Gasteiger partial charge on any atom is -0.413 e. The Hall–Kier alpha value is -0.353. The van der Waals surface area contributed by atoms with Crippen LogP contribution in [0.3, 0.4) is 0 Å². The molecule has 1 amide bonds. The van der Waals surface area contributed by atoms with Crippen LogP contribution in [0.25, 0.3) is 0 Å². The summed E-state index contributed by atoms with van der Waals surface area (Å²) in [7, 11) is -1.77. The Morgan fingerprint density at radius 1 is 1.41 bits per heavy atom. The van der Waals surface area contributed by atoms with E-state index >= 15 is 0 Å². The van der Waals surface area contributed by atoms with Crippen molar-refractivity contribution in [1.29, 1.82) is 0 Å². The van der Waals surface area contributed by atoms with Crippen LogP contribution >= 0.6 is 0 Å². The number of β-lactam (4-membered cyclic amide) rings is 1. The molecule has 1 saturated heterocycles. The second-order valence-electron chi connectivity index (χ2n) is 6.63. The van der Waals surface area contributed by atoms with Crippen LogP contribution in [-0.2, 0) is 9.22 Å². The molecular weight excluding hydrogens is 230 g/mol. The van der Waals surface area contributed by atoms with Gasteiger partial charge in [-0.1, -0.05) is 27.7 Å². The van der Waals surface area contributed by atoms with E-state index in [0.29, 0.717) is 6.04 Å². The smallest absolute Gasteiger partial charge is 0.227 e. The Morgan fingerprint density at radius 2 is 1.94 bits per heavy atom. The molecule has 0 aromatic heterocycles. The molecule has 0 spiro atoms. The van der Waals surface area contributed by atoms with Crippen molar-refractivity contribution in [2.24, 2.45) is 5.92 Å². The van der Waals surface area contributed by atoms with E-state index in [1.807, 2.05) is 6.92 Å². The Balaban J connectivity index is 2.66. The molecule has 0 aromatic carbocycles. The molecule has 1 heterocycles. The molecule has 1 aliphatic heterocycles. The van der Waals surface area contributed by atoms with E-state index in [4.69, 9.17) is 4.43 Å². The van der Waals surface area contributed by atoms with Gasteiger partial charge in [-0.2, -0.15) is 0 Å². The number of hydrogen-bond acceptors (Lipinski definition) is 2. The predicted octanol–water partition coefficient (Wildman–Crippen LogP) is 2.92. The first-order chi connectivity index (χ1) is 7.60. The minimum absolute atomic E-state index is 0.0367. The molecule has 17 heavy (non-hydrogen) atoms. The number of rotatable bonds is 4.